The Kier molecular flexibility index (Phi) is 5.07. The standard InChI is InChI=1S/C16H14N4O2S2/c1-23-16-18-12(11-5-3-2-4-6-11)9-14(22)20(16)10-13(21)19-15-17-7-8-24-15/h2-9H,10H2,1H3,(H,17,19,21). The molecule has 1 aromatic carbocycles. The molecule has 2 heterocycles. The van der Waals surface area contributed by atoms with Gasteiger partial charge in [-0.1, -0.05) is 42.1 Å². The molecular weight excluding hydrogens is 344 g/mol. The van der Waals surface area contributed by atoms with Crippen LogP contribution in [0.15, 0.2) is 57.9 Å². The summed E-state index contributed by atoms with van der Waals surface area (Å²) in [6.07, 6.45) is 3.43. The van der Waals surface area contributed by atoms with Gasteiger partial charge < -0.3 is 5.32 Å². The number of benzene rings is 1. The summed E-state index contributed by atoms with van der Waals surface area (Å²) in [5.74, 6) is -0.309. The minimum Gasteiger partial charge on any atom is -0.300 e. The number of aromatic nitrogens is 3. The smallest absolute Gasteiger partial charge is 0.255 e. The van der Waals surface area contributed by atoms with E-state index in [1.165, 1.54) is 33.7 Å². The third kappa shape index (κ3) is 3.72. The van der Waals surface area contributed by atoms with Crippen molar-refractivity contribution in [1.82, 2.24) is 14.5 Å². The van der Waals surface area contributed by atoms with Crippen molar-refractivity contribution < 1.29 is 4.79 Å². The highest BCUT2D eigenvalue weighted by molar-refractivity contribution is 7.98. The van der Waals surface area contributed by atoms with E-state index >= 15 is 0 Å². The molecule has 0 aliphatic rings. The fraction of sp³-hybridized carbons (Fsp3) is 0.125. The second-order valence-corrected chi connectivity index (χ2v) is 6.47. The zero-order valence-electron chi connectivity index (χ0n) is 12.8. The maximum atomic E-state index is 12.4. The number of nitrogens with one attached hydrogen (secondary N) is 1. The molecule has 1 amide bonds. The van der Waals surface area contributed by atoms with Crippen LogP contribution in [0.5, 0.6) is 0 Å². The van der Waals surface area contributed by atoms with Gasteiger partial charge in [0.05, 0.1) is 5.69 Å². The zero-order chi connectivity index (χ0) is 16.9. The molecule has 0 saturated carbocycles. The van der Waals surface area contributed by atoms with Gasteiger partial charge in [-0.05, 0) is 6.26 Å². The molecule has 24 heavy (non-hydrogen) atoms. The Morgan fingerprint density at radius 3 is 2.79 bits per heavy atom. The first-order valence-corrected chi connectivity index (χ1v) is 9.18. The van der Waals surface area contributed by atoms with Crippen LogP contribution in [0.3, 0.4) is 0 Å². The lowest BCUT2D eigenvalue weighted by molar-refractivity contribution is -0.116. The van der Waals surface area contributed by atoms with Crippen LogP contribution in [0.2, 0.25) is 0 Å². The van der Waals surface area contributed by atoms with Gasteiger partial charge in [0.15, 0.2) is 10.3 Å². The average molecular weight is 358 g/mol. The number of carbonyl (C=O) groups excluding carboxylic acids is 1. The van der Waals surface area contributed by atoms with Crippen molar-refractivity contribution in [3.8, 4) is 11.3 Å². The van der Waals surface area contributed by atoms with Crippen molar-refractivity contribution in [2.75, 3.05) is 11.6 Å². The predicted molar refractivity (Wildman–Crippen MR) is 96.5 cm³/mol. The van der Waals surface area contributed by atoms with E-state index in [0.29, 0.717) is 16.0 Å². The van der Waals surface area contributed by atoms with Crippen LogP contribution in [0, 0.1) is 0 Å². The van der Waals surface area contributed by atoms with Crippen molar-refractivity contribution in [2.45, 2.75) is 11.7 Å². The summed E-state index contributed by atoms with van der Waals surface area (Å²) in [4.78, 5) is 33.1. The Bertz CT molecular complexity index is 892. The van der Waals surface area contributed by atoms with Gasteiger partial charge in [0.1, 0.15) is 6.54 Å². The van der Waals surface area contributed by atoms with E-state index in [2.05, 4.69) is 15.3 Å². The van der Waals surface area contributed by atoms with Crippen molar-refractivity contribution in [3.05, 3.63) is 58.3 Å². The molecule has 0 atom stereocenters. The van der Waals surface area contributed by atoms with Crippen LogP contribution in [-0.2, 0) is 11.3 Å². The molecule has 8 heteroatoms. The second kappa shape index (κ2) is 7.41. The molecule has 0 fully saturated rings. The number of anilines is 1. The number of rotatable bonds is 5. The summed E-state index contributed by atoms with van der Waals surface area (Å²) < 4.78 is 1.36. The highest BCUT2D eigenvalue weighted by atomic mass is 32.2. The van der Waals surface area contributed by atoms with Gasteiger partial charge in [0, 0.05) is 23.2 Å². The van der Waals surface area contributed by atoms with Gasteiger partial charge in [-0.15, -0.1) is 11.3 Å². The SMILES string of the molecule is CSc1nc(-c2ccccc2)cc(=O)n1CC(=O)Nc1nccs1. The molecule has 2 aromatic heterocycles. The molecule has 0 bridgehead atoms. The maximum absolute atomic E-state index is 12.4. The number of nitrogens with zero attached hydrogens (tertiary/aromatic N) is 3. The minimum absolute atomic E-state index is 0.101. The van der Waals surface area contributed by atoms with Crippen molar-refractivity contribution in [1.29, 1.82) is 0 Å². The number of hydrogen-bond acceptors (Lipinski definition) is 6. The molecule has 0 radical (unpaired) electrons. The number of thiazole rings is 1. The summed E-state index contributed by atoms with van der Waals surface area (Å²) in [5, 5.41) is 5.44. The Balaban J connectivity index is 1.88. The van der Waals surface area contributed by atoms with Gasteiger partial charge in [0.25, 0.3) is 5.56 Å². The molecule has 6 nitrogen and oxygen atoms in total. The van der Waals surface area contributed by atoms with E-state index in [9.17, 15) is 9.59 Å². The molecule has 3 aromatic rings. The van der Waals surface area contributed by atoms with Crippen LogP contribution >= 0.6 is 23.1 Å². The first kappa shape index (κ1) is 16.4. The largest absolute Gasteiger partial charge is 0.300 e. The zero-order valence-corrected chi connectivity index (χ0v) is 14.4. The number of amides is 1. The molecule has 3 rings (SSSR count). The molecule has 0 unspecified atom stereocenters. The summed E-state index contributed by atoms with van der Waals surface area (Å²) in [6.45, 7) is -0.101. The van der Waals surface area contributed by atoms with Gasteiger partial charge in [-0.25, -0.2) is 9.97 Å². The van der Waals surface area contributed by atoms with Crippen LogP contribution in [0.25, 0.3) is 11.3 Å². The fourth-order valence-electron chi connectivity index (χ4n) is 2.13. The lowest BCUT2D eigenvalue weighted by Gasteiger charge is -2.11. The van der Waals surface area contributed by atoms with E-state index in [-0.39, 0.29) is 18.0 Å². The molecule has 122 valence electrons. The van der Waals surface area contributed by atoms with Gasteiger partial charge in [-0.3, -0.25) is 14.2 Å². The van der Waals surface area contributed by atoms with E-state index in [1.54, 1.807) is 11.6 Å². The molecule has 0 spiro atoms. The third-order valence-electron chi connectivity index (χ3n) is 3.21. The van der Waals surface area contributed by atoms with Crippen LogP contribution in [0.4, 0.5) is 5.13 Å². The highest BCUT2D eigenvalue weighted by Gasteiger charge is 2.13. The normalized spacial score (nSPS) is 10.5. The Labute approximate surface area is 146 Å². The second-order valence-electron chi connectivity index (χ2n) is 4.80. The van der Waals surface area contributed by atoms with Crippen LogP contribution < -0.4 is 10.9 Å². The Morgan fingerprint density at radius 2 is 2.12 bits per heavy atom. The van der Waals surface area contributed by atoms with E-state index in [1.807, 2.05) is 36.6 Å². The Hall–Kier alpha value is -2.45. The Morgan fingerprint density at radius 1 is 1.33 bits per heavy atom. The lowest BCUT2D eigenvalue weighted by Crippen LogP contribution is -2.29. The van der Waals surface area contributed by atoms with Gasteiger partial charge >= 0.3 is 0 Å². The molecule has 0 saturated heterocycles. The van der Waals surface area contributed by atoms with Crippen molar-refractivity contribution in [3.63, 3.8) is 0 Å². The van der Waals surface area contributed by atoms with E-state index in [4.69, 9.17) is 0 Å². The first-order valence-electron chi connectivity index (χ1n) is 7.08. The highest BCUT2D eigenvalue weighted by Crippen LogP contribution is 2.19. The number of carbonyl (C=O) groups is 1. The minimum atomic E-state index is -0.309. The fourth-order valence-corrected chi connectivity index (χ4v) is 3.24. The lowest BCUT2D eigenvalue weighted by atomic mass is 10.1. The number of hydrogen-bond donors (Lipinski definition) is 1. The van der Waals surface area contributed by atoms with Crippen molar-refractivity contribution in [2.24, 2.45) is 0 Å². The van der Waals surface area contributed by atoms with E-state index in [0.717, 1.165) is 5.56 Å². The topological polar surface area (TPSA) is 76.9 Å². The molecule has 0 aliphatic heterocycles. The summed E-state index contributed by atoms with van der Waals surface area (Å²) in [5.41, 5.74) is 1.20. The average Bonchev–Trinajstić information content (AvgIpc) is 3.10. The van der Waals surface area contributed by atoms with Gasteiger partial charge in [0.2, 0.25) is 5.91 Å². The van der Waals surface area contributed by atoms with Crippen LogP contribution in [0.1, 0.15) is 0 Å². The summed E-state index contributed by atoms with van der Waals surface area (Å²) in [7, 11) is 0. The molecule has 1 N–H and O–H groups in total. The number of thioether (sulfide) groups is 1. The quantitative estimate of drug-likeness (QED) is 0.560. The predicted octanol–water partition coefficient (Wildman–Crippen LogP) is 2.73. The molecular formula is C16H14N4O2S2. The maximum Gasteiger partial charge on any atom is 0.255 e. The summed E-state index contributed by atoms with van der Waals surface area (Å²) >= 11 is 2.65. The third-order valence-corrected chi connectivity index (χ3v) is 4.57. The van der Waals surface area contributed by atoms with E-state index < -0.39 is 0 Å². The molecule has 0 aliphatic carbocycles. The monoisotopic (exact) mass is 358 g/mol. The van der Waals surface area contributed by atoms with Crippen LogP contribution in [-0.4, -0.2) is 26.7 Å². The van der Waals surface area contributed by atoms with Crippen molar-refractivity contribution >= 4 is 34.1 Å². The van der Waals surface area contributed by atoms with Gasteiger partial charge in [-0.2, -0.15) is 0 Å². The first-order chi connectivity index (χ1) is 11.7. The summed E-state index contributed by atoms with van der Waals surface area (Å²) in [6, 6.07) is 10.9.